The molecule has 1 saturated carbocycles. The molecule has 1 heterocycles. The van der Waals surface area contributed by atoms with E-state index < -0.39 is 23.2 Å². The molecule has 8 heteroatoms. The number of hydrogen-bond acceptors (Lipinski definition) is 3. The van der Waals surface area contributed by atoms with E-state index in [4.69, 9.17) is 0 Å². The topological polar surface area (TPSA) is 67.2 Å². The molecule has 1 fully saturated rings. The molecule has 1 aromatic carbocycles. The highest BCUT2D eigenvalue weighted by molar-refractivity contribution is 5.88. The first-order valence-corrected chi connectivity index (χ1v) is 7.49. The van der Waals surface area contributed by atoms with E-state index in [1.165, 1.54) is 35.0 Å². The maximum atomic E-state index is 13.8. The fourth-order valence-electron chi connectivity index (χ4n) is 2.36. The molecule has 0 radical (unpaired) electrons. The van der Waals surface area contributed by atoms with Crippen LogP contribution in [-0.4, -0.2) is 26.5 Å². The first kappa shape index (κ1) is 16.1. The molecule has 1 N–H and O–H groups in total. The molecule has 6 nitrogen and oxygen atoms in total. The largest absolute Gasteiger partial charge is 0.323 e. The van der Waals surface area contributed by atoms with E-state index in [0.717, 1.165) is 25.0 Å². The van der Waals surface area contributed by atoms with Crippen LogP contribution in [0.15, 0.2) is 35.4 Å². The van der Waals surface area contributed by atoms with Crippen molar-refractivity contribution in [3.05, 3.63) is 58.1 Å². The number of rotatable bonds is 4. The molecular weight excluding hydrogens is 318 g/mol. The highest BCUT2D eigenvalue weighted by atomic mass is 19.1. The van der Waals surface area contributed by atoms with Gasteiger partial charge in [-0.2, -0.15) is 0 Å². The number of benzene rings is 1. The van der Waals surface area contributed by atoms with Gasteiger partial charge in [0.25, 0.3) is 5.56 Å². The first-order chi connectivity index (χ1) is 11.5. The van der Waals surface area contributed by atoms with Gasteiger partial charge in [-0.15, -0.1) is 0 Å². The predicted octanol–water partition coefficient (Wildman–Crippen LogP) is 2.25. The van der Waals surface area contributed by atoms with Gasteiger partial charge in [-0.05, 0) is 25.0 Å². The summed E-state index contributed by atoms with van der Waals surface area (Å²) in [6, 6.07) is 2.87. The summed E-state index contributed by atoms with van der Waals surface area (Å²) in [6.07, 6.45) is 4.35. The Bertz CT molecular complexity index is 813. The SMILES string of the molecule is Cn1ccnc(NC(=O)N(Cc2c(F)cccc2F)C2CC2)c1=O. The zero-order valence-corrected chi connectivity index (χ0v) is 13.0. The minimum Gasteiger partial charge on any atom is -0.317 e. The summed E-state index contributed by atoms with van der Waals surface area (Å²) < 4.78 is 29.0. The van der Waals surface area contributed by atoms with Crippen molar-refractivity contribution in [2.75, 3.05) is 5.32 Å². The Morgan fingerprint density at radius 3 is 2.67 bits per heavy atom. The monoisotopic (exact) mass is 334 g/mol. The van der Waals surface area contributed by atoms with Gasteiger partial charge >= 0.3 is 6.03 Å². The van der Waals surface area contributed by atoms with Crippen LogP contribution in [0.4, 0.5) is 19.4 Å². The van der Waals surface area contributed by atoms with Crippen LogP contribution in [0.1, 0.15) is 18.4 Å². The Kier molecular flexibility index (Phi) is 4.28. The van der Waals surface area contributed by atoms with Crippen LogP contribution in [0.3, 0.4) is 0 Å². The van der Waals surface area contributed by atoms with Crippen LogP contribution in [-0.2, 0) is 13.6 Å². The molecule has 0 saturated heterocycles. The lowest BCUT2D eigenvalue weighted by Crippen LogP contribution is -2.38. The highest BCUT2D eigenvalue weighted by Crippen LogP contribution is 2.29. The molecule has 1 aliphatic carbocycles. The van der Waals surface area contributed by atoms with Crippen molar-refractivity contribution in [2.45, 2.75) is 25.4 Å². The van der Waals surface area contributed by atoms with Gasteiger partial charge in [-0.1, -0.05) is 6.07 Å². The van der Waals surface area contributed by atoms with Crippen LogP contribution >= 0.6 is 0 Å². The fourth-order valence-corrected chi connectivity index (χ4v) is 2.36. The number of nitrogens with zero attached hydrogens (tertiary/aromatic N) is 3. The second-order valence-electron chi connectivity index (χ2n) is 5.68. The maximum absolute atomic E-state index is 13.8. The number of urea groups is 1. The van der Waals surface area contributed by atoms with Crippen molar-refractivity contribution in [1.82, 2.24) is 14.5 Å². The first-order valence-electron chi connectivity index (χ1n) is 7.49. The third-order valence-electron chi connectivity index (χ3n) is 3.88. The van der Waals surface area contributed by atoms with Gasteiger partial charge in [0, 0.05) is 31.0 Å². The smallest absolute Gasteiger partial charge is 0.317 e. The third kappa shape index (κ3) is 3.27. The second kappa shape index (κ2) is 6.38. The summed E-state index contributed by atoms with van der Waals surface area (Å²) in [4.78, 5) is 29.6. The normalized spacial score (nSPS) is 13.6. The lowest BCUT2D eigenvalue weighted by Gasteiger charge is -2.23. The van der Waals surface area contributed by atoms with Crippen molar-refractivity contribution < 1.29 is 13.6 Å². The van der Waals surface area contributed by atoms with Gasteiger partial charge in [-0.3, -0.25) is 10.1 Å². The minimum atomic E-state index is -0.706. The summed E-state index contributed by atoms with van der Waals surface area (Å²) in [7, 11) is 1.53. The Morgan fingerprint density at radius 2 is 2.04 bits per heavy atom. The quantitative estimate of drug-likeness (QED) is 0.932. The molecule has 126 valence electrons. The molecule has 0 bridgehead atoms. The number of amides is 2. The lowest BCUT2D eigenvalue weighted by molar-refractivity contribution is 0.204. The van der Waals surface area contributed by atoms with Crippen molar-refractivity contribution in [3.8, 4) is 0 Å². The van der Waals surface area contributed by atoms with Crippen molar-refractivity contribution in [2.24, 2.45) is 7.05 Å². The lowest BCUT2D eigenvalue weighted by atomic mass is 10.2. The number of carbonyl (C=O) groups is 1. The van der Waals surface area contributed by atoms with Gasteiger partial charge in [0.2, 0.25) is 5.82 Å². The van der Waals surface area contributed by atoms with E-state index in [0.29, 0.717) is 0 Å². The number of hydrogen-bond donors (Lipinski definition) is 1. The molecule has 2 amide bonds. The van der Waals surface area contributed by atoms with Gasteiger partial charge < -0.3 is 9.47 Å². The fraction of sp³-hybridized carbons (Fsp3) is 0.312. The number of anilines is 1. The van der Waals surface area contributed by atoms with Gasteiger partial charge in [0.1, 0.15) is 11.6 Å². The predicted molar refractivity (Wildman–Crippen MR) is 83.4 cm³/mol. The van der Waals surface area contributed by atoms with Crippen molar-refractivity contribution in [1.29, 1.82) is 0 Å². The maximum Gasteiger partial charge on any atom is 0.323 e. The Labute approximate surface area is 136 Å². The molecule has 0 spiro atoms. The highest BCUT2D eigenvalue weighted by Gasteiger charge is 2.34. The second-order valence-corrected chi connectivity index (χ2v) is 5.68. The van der Waals surface area contributed by atoms with E-state index in [1.54, 1.807) is 0 Å². The third-order valence-corrected chi connectivity index (χ3v) is 3.88. The van der Waals surface area contributed by atoms with E-state index in [2.05, 4.69) is 10.3 Å². The molecule has 0 unspecified atom stereocenters. The molecule has 1 aromatic heterocycles. The van der Waals surface area contributed by atoms with Crippen LogP contribution in [0.5, 0.6) is 0 Å². The van der Waals surface area contributed by atoms with Gasteiger partial charge in [0.05, 0.1) is 6.54 Å². The standard InChI is InChI=1S/C16H16F2N4O2/c1-21-8-7-19-14(15(21)23)20-16(24)22(10-5-6-10)9-11-12(17)3-2-4-13(11)18/h2-4,7-8,10H,5-6,9H2,1H3,(H,19,20,24). The number of aryl methyl sites for hydroxylation is 1. The van der Waals surface area contributed by atoms with E-state index in [-0.39, 0.29) is 24.0 Å². The summed E-state index contributed by atoms with van der Waals surface area (Å²) in [6.45, 7) is -0.206. The molecule has 24 heavy (non-hydrogen) atoms. The number of carbonyl (C=O) groups excluding carboxylic acids is 1. The number of halogens is 2. The summed E-state index contributed by atoms with van der Waals surface area (Å²) >= 11 is 0. The average Bonchev–Trinajstić information content (AvgIpc) is 3.36. The Hall–Kier alpha value is -2.77. The molecule has 1 aliphatic rings. The van der Waals surface area contributed by atoms with Crippen molar-refractivity contribution >= 4 is 11.8 Å². The molecular formula is C16H16F2N4O2. The zero-order valence-electron chi connectivity index (χ0n) is 13.0. The van der Waals surface area contributed by atoms with Crippen LogP contribution in [0.25, 0.3) is 0 Å². The van der Waals surface area contributed by atoms with Crippen molar-refractivity contribution in [3.63, 3.8) is 0 Å². The minimum absolute atomic E-state index is 0.100. The van der Waals surface area contributed by atoms with Crippen LogP contribution in [0.2, 0.25) is 0 Å². The zero-order chi connectivity index (χ0) is 17.3. The Morgan fingerprint density at radius 1 is 1.38 bits per heavy atom. The van der Waals surface area contributed by atoms with E-state index in [1.807, 2.05) is 0 Å². The summed E-state index contributed by atoms with van der Waals surface area (Å²) in [5.74, 6) is -1.53. The average molecular weight is 334 g/mol. The molecule has 0 aliphatic heterocycles. The van der Waals surface area contributed by atoms with Crippen LogP contribution < -0.4 is 10.9 Å². The van der Waals surface area contributed by atoms with Gasteiger partial charge in [-0.25, -0.2) is 18.6 Å². The van der Waals surface area contributed by atoms with Crippen LogP contribution in [0, 0.1) is 11.6 Å². The molecule has 2 aromatic rings. The summed E-state index contributed by atoms with van der Waals surface area (Å²) in [5.41, 5.74) is -0.632. The number of nitrogens with one attached hydrogen (secondary N) is 1. The number of aromatic nitrogens is 2. The summed E-state index contributed by atoms with van der Waals surface area (Å²) in [5, 5.41) is 2.43. The molecule has 0 atom stereocenters. The van der Waals surface area contributed by atoms with E-state index >= 15 is 0 Å². The molecule has 3 rings (SSSR count). The Balaban J connectivity index is 1.82. The van der Waals surface area contributed by atoms with E-state index in [9.17, 15) is 18.4 Å². The van der Waals surface area contributed by atoms with Gasteiger partial charge in [0.15, 0.2) is 0 Å².